The number of hydrogen-bond acceptors (Lipinski definition) is 3. The minimum atomic E-state index is -0.875. The maximum absolute atomic E-state index is 13.7. The van der Waals surface area contributed by atoms with Crippen LogP contribution in [0.2, 0.25) is 0 Å². The molecule has 2 aromatic carbocycles. The molecule has 0 spiro atoms. The highest BCUT2D eigenvalue weighted by atomic mass is 19.2. The predicted molar refractivity (Wildman–Crippen MR) is 98.8 cm³/mol. The molecule has 1 amide bonds. The van der Waals surface area contributed by atoms with Crippen LogP contribution in [0.5, 0.6) is 5.75 Å². The lowest BCUT2D eigenvalue weighted by Crippen LogP contribution is -2.40. The van der Waals surface area contributed by atoms with Crippen molar-refractivity contribution in [2.24, 2.45) is 5.73 Å². The third-order valence-corrected chi connectivity index (χ3v) is 5.72. The molecule has 2 aromatic rings. The van der Waals surface area contributed by atoms with Crippen LogP contribution in [0.1, 0.15) is 41.9 Å². The summed E-state index contributed by atoms with van der Waals surface area (Å²) in [4.78, 5) is 14.6. The Morgan fingerprint density at radius 2 is 1.96 bits per heavy atom. The minimum Gasteiger partial charge on any atom is -0.508 e. The molecule has 2 atom stereocenters. The number of nitrogens with zero attached hydrogens (tertiary/aromatic N) is 1. The van der Waals surface area contributed by atoms with Crippen LogP contribution < -0.4 is 10.6 Å². The average Bonchev–Trinajstić information content (AvgIpc) is 3.04. The maximum atomic E-state index is 13.7. The van der Waals surface area contributed by atoms with Crippen LogP contribution in [0.4, 0.5) is 14.5 Å². The van der Waals surface area contributed by atoms with E-state index < -0.39 is 17.7 Å². The molecule has 2 aliphatic rings. The lowest BCUT2D eigenvalue weighted by atomic mass is 9.90. The lowest BCUT2D eigenvalue weighted by Gasteiger charge is -2.31. The van der Waals surface area contributed by atoms with Gasteiger partial charge in [-0.05, 0) is 60.6 Å². The quantitative estimate of drug-likeness (QED) is 0.868. The highest BCUT2D eigenvalue weighted by Crippen LogP contribution is 2.38. The first-order valence-electron chi connectivity index (χ1n) is 9.29. The van der Waals surface area contributed by atoms with Gasteiger partial charge in [-0.15, -0.1) is 0 Å². The molecule has 6 heteroatoms. The monoisotopic (exact) mass is 372 g/mol. The summed E-state index contributed by atoms with van der Waals surface area (Å²) < 4.78 is 27.1. The van der Waals surface area contributed by atoms with Crippen molar-refractivity contribution in [2.75, 3.05) is 11.4 Å². The summed E-state index contributed by atoms with van der Waals surface area (Å²) in [5, 5.41) is 9.77. The lowest BCUT2D eigenvalue weighted by molar-refractivity contribution is -0.119. The van der Waals surface area contributed by atoms with Gasteiger partial charge in [0.25, 0.3) is 0 Å². The average molecular weight is 372 g/mol. The SMILES string of the molecule is NC(CC(=O)N1CCCc2ccc(O)cc21)C1CCc2cc(F)c(F)cc21. The van der Waals surface area contributed by atoms with E-state index in [0.717, 1.165) is 29.7 Å². The Morgan fingerprint density at radius 1 is 1.19 bits per heavy atom. The fourth-order valence-electron chi connectivity index (χ4n) is 4.35. The summed E-state index contributed by atoms with van der Waals surface area (Å²) in [5.74, 6) is -1.86. The number of carbonyl (C=O) groups is 1. The van der Waals surface area contributed by atoms with Crippen molar-refractivity contribution in [3.05, 3.63) is 58.7 Å². The third-order valence-electron chi connectivity index (χ3n) is 5.72. The van der Waals surface area contributed by atoms with Gasteiger partial charge in [0.15, 0.2) is 11.6 Å². The molecule has 4 rings (SSSR count). The molecule has 0 saturated carbocycles. The van der Waals surface area contributed by atoms with Crippen molar-refractivity contribution < 1.29 is 18.7 Å². The molecule has 3 N–H and O–H groups in total. The number of aromatic hydroxyl groups is 1. The van der Waals surface area contributed by atoms with Crippen LogP contribution in [0, 0.1) is 11.6 Å². The van der Waals surface area contributed by atoms with E-state index in [1.807, 2.05) is 6.07 Å². The van der Waals surface area contributed by atoms with E-state index in [1.165, 1.54) is 12.1 Å². The third kappa shape index (κ3) is 3.30. The number of hydrogen-bond donors (Lipinski definition) is 2. The molecule has 0 fully saturated rings. The van der Waals surface area contributed by atoms with Crippen molar-refractivity contribution in [3.63, 3.8) is 0 Å². The first kappa shape index (κ1) is 17.9. The molecule has 142 valence electrons. The number of benzene rings is 2. The fourth-order valence-corrected chi connectivity index (χ4v) is 4.35. The number of anilines is 1. The maximum Gasteiger partial charge on any atom is 0.228 e. The standard InChI is InChI=1S/C21H22F2N2O2/c22-17-8-13-4-6-15(16(13)10-18(17)23)19(24)11-21(27)25-7-1-2-12-3-5-14(26)9-20(12)25/h3,5,8-10,15,19,26H,1-2,4,6-7,11,24H2. The summed E-state index contributed by atoms with van der Waals surface area (Å²) in [6.45, 7) is 0.586. The number of phenolic OH excluding ortho intramolecular Hbond substituents is 1. The number of aryl methyl sites for hydroxylation is 2. The van der Waals surface area contributed by atoms with Crippen molar-refractivity contribution in [3.8, 4) is 5.75 Å². The second kappa shape index (κ2) is 6.93. The van der Waals surface area contributed by atoms with Crippen LogP contribution in [0.25, 0.3) is 0 Å². The van der Waals surface area contributed by atoms with Gasteiger partial charge in [0.2, 0.25) is 5.91 Å². The number of carbonyl (C=O) groups excluding carboxylic acids is 1. The van der Waals surface area contributed by atoms with E-state index in [4.69, 9.17) is 5.73 Å². The summed E-state index contributed by atoms with van der Waals surface area (Å²) in [5.41, 5.74) is 9.58. The largest absolute Gasteiger partial charge is 0.508 e. The summed E-state index contributed by atoms with van der Waals surface area (Å²) in [6.07, 6.45) is 3.17. The van der Waals surface area contributed by atoms with E-state index >= 15 is 0 Å². The van der Waals surface area contributed by atoms with Crippen molar-refractivity contribution >= 4 is 11.6 Å². The highest BCUT2D eigenvalue weighted by Gasteiger charge is 2.32. The second-order valence-corrected chi connectivity index (χ2v) is 7.44. The van der Waals surface area contributed by atoms with E-state index in [9.17, 15) is 18.7 Å². The first-order valence-corrected chi connectivity index (χ1v) is 9.29. The summed E-state index contributed by atoms with van der Waals surface area (Å²) >= 11 is 0. The zero-order valence-electron chi connectivity index (χ0n) is 14.9. The number of nitrogens with two attached hydrogens (primary N) is 1. The molecule has 1 aliphatic heterocycles. The molecule has 0 bridgehead atoms. The summed E-state index contributed by atoms with van der Waals surface area (Å²) in [6, 6.07) is 7.08. The molecule has 0 aromatic heterocycles. The van der Waals surface area contributed by atoms with Gasteiger partial charge in [-0.2, -0.15) is 0 Å². The Balaban J connectivity index is 1.52. The number of rotatable bonds is 3. The molecule has 1 aliphatic carbocycles. The zero-order chi connectivity index (χ0) is 19.1. The van der Waals surface area contributed by atoms with Crippen molar-refractivity contribution in [1.82, 2.24) is 0 Å². The van der Waals surface area contributed by atoms with E-state index in [2.05, 4.69) is 0 Å². The number of halogens is 2. The van der Waals surface area contributed by atoms with Gasteiger partial charge in [-0.1, -0.05) is 6.07 Å². The Hall–Kier alpha value is -2.47. The Morgan fingerprint density at radius 3 is 2.78 bits per heavy atom. The molecule has 2 unspecified atom stereocenters. The Kier molecular flexibility index (Phi) is 4.60. The fraction of sp³-hybridized carbons (Fsp3) is 0.381. The van der Waals surface area contributed by atoms with E-state index in [1.54, 1.807) is 17.0 Å². The molecule has 4 nitrogen and oxygen atoms in total. The number of fused-ring (bicyclic) bond motifs is 2. The molecule has 1 heterocycles. The van der Waals surface area contributed by atoms with Gasteiger partial charge >= 0.3 is 0 Å². The van der Waals surface area contributed by atoms with Crippen molar-refractivity contribution in [1.29, 1.82) is 0 Å². The van der Waals surface area contributed by atoms with E-state index in [-0.39, 0.29) is 24.0 Å². The van der Waals surface area contributed by atoms with Crippen LogP contribution in [-0.2, 0) is 17.6 Å². The van der Waals surface area contributed by atoms with Gasteiger partial charge < -0.3 is 15.7 Å². The van der Waals surface area contributed by atoms with Gasteiger partial charge in [0, 0.05) is 31.0 Å². The van der Waals surface area contributed by atoms with Gasteiger partial charge in [0.05, 0.1) is 5.69 Å². The van der Waals surface area contributed by atoms with Crippen LogP contribution in [-0.4, -0.2) is 23.6 Å². The van der Waals surface area contributed by atoms with Crippen LogP contribution in [0.3, 0.4) is 0 Å². The highest BCUT2D eigenvalue weighted by molar-refractivity contribution is 5.95. The number of phenols is 1. The molecule has 0 radical (unpaired) electrons. The molecular weight excluding hydrogens is 350 g/mol. The molecule has 0 saturated heterocycles. The van der Waals surface area contributed by atoms with Gasteiger partial charge in [-0.25, -0.2) is 8.78 Å². The second-order valence-electron chi connectivity index (χ2n) is 7.44. The van der Waals surface area contributed by atoms with Gasteiger partial charge in [-0.3, -0.25) is 4.79 Å². The topological polar surface area (TPSA) is 66.6 Å². The van der Waals surface area contributed by atoms with Crippen LogP contribution in [0.15, 0.2) is 30.3 Å². The predicted octanol–water partition coefficient (Wildman–Crippen LogP) is 3.40. The van der Waals surface area contributed by atoms with Crippen LogP contribution >= 0.6 is 0 Å². The normalized spacial score (nSPS) is 19.5. The smallest absolute Gasteiger partial charge is 0.228 e. The Bertz CT molecular complexity index is 900. The van der Waals surface area contributed by atoms with Gasteiger partial charge in [0.1, 0.15) is 5.75 Å². The minimum absolute atomic E-state index is 0.106. The number of amides is 1. The zero-order valence-corrected chi connectivity index (χ0v) is 14.9. The first-order chi connectivity index (χ1) is 12.9. The Labute approximate surface area is 156 Å². The summed E-state index contributed by atoms with van der Waals surface area (Å²) in [7, 11) is 0. The van der Waals surface area contributed by atoms with Crippen molar-refractivity contribution in [2.45, 2.75) is 44.1 Å². The molecule has 27 heavy (non-hydrogen) atoms. The molecular formula is C21H22F2N2O2. The van der Waals surface area contributed by atoms with E-state index in [0.29, 0.717) is 24.9 Å².